The number of amides is 1. The first-order valence-corrected chi connectivity index (χ1v) is 9.92. The number of esters is 1. The number of carbonyl (C=O) groups excluding carboxylic acids is 3. The van der Waals surface area contributed by atoms with Gasteiger partial charge in [0, 0.05) is 4.88 Å². The van der Waals surface area contributed by atoms with E-state index in [1.165, 1.54) is 6.92 Å². The predicted octanol–water partition coefficient (Wildman–Crippen LogP) is 2.82. The number of hydrogen-bond donors (Lipinski definition) is 2. The molecule has 29 heavy (non-hydrogen) atoms. The molecule has 1 aromatic heterocycles. The van der Waals surface area contributed by atoms with Crippen molar-refractivity contribution in [2.24, 2.45) is 11.7 Å². The quantitative estimate of drug-likeness (QED) is 0.551. The van der Waals surface area contributed by atoms with E-state index in [9.17, 15) is 23.2 Å². The maximum absolute atomic E-state index is 14.2. The normalized spacial score (nSPS) is 16.2. The van der Waals surface area contributed by atoms with Gasteiger partial charge in [-0.05, 0) is 44.4 Å². The van der Waals surface area contributed by atoms with Crippen molar-refractivity contribution in [3.8, 4) is 0 Å². The second-order valence-electron chi connectivity index (χ2n) is 6.77. The van der Waals surface area contributed by atoms with E-state index in [0.29, 0.717) is 16.9 Å². The maximum Gasteiger partial charge on any atom is 0.309 e. The van der Waals surface area contributed by atoms with E-state index in [1.807, 2.05) is 0 Å². The van der Waals surface area contributed by atoms with Gasteiger partial charge < -0.3 is 15.8 Å². The Hall–Kier alpha value is -2.65. The molecule has 0 saturated heterocycles. The van der Waals surface area contributed by atoms with Gasteiger partial charge in [-0.25, -0.2) is 8.78 Å². The summed E-state index contributed by atoms with van der Waals surface area (Å²) in [4.78, 5) is 38.0. The van der Waals surface area contributed by atoms with Crippen LogP contribution in [0.5, 0.6) is 0 Å². The van der Waals surface area contributed by atoms with Crippen molar-refractivity contribution in [3.63, 3.8) is 0 Å². The molecule has 1 amide bonds. The molecule has 1 aliphatic carbocycles. The number of fused-ring (bicyclic) bond motifs is 1. The van der Waals surface area contributed by atoms with Crippen LogP contribution in [0.4, 0.5) is 13.8 Å². The Morgan fingerprint density at radius 3 is 2.48 bits per heavy atom. The summed E-state index contributed by atoms with van der Waals surface area (Å²) in [5, 5.41) is 2.74. The highest BCUT2D eigenvalue weighted by molar-refractivity contribution is 7.17. The van der Waals surface area contributed by atoms with E-state index < -0.39 is 46.8 Å². The highest BCUT2D eigenvalue weighted by Gasteiger charge is 2.37. The molecule has 154 valence electrons. The van der Waals surface area contributed by atoms with Crippen LogP contribution in [-0.4, -0.2) is 30.3 Å². The van der Waals surface area contributed by atoms with Gasteiger partial charge in [-0.2, -0.15) is 0 Å². The topological polar surface area (TPSA) is 98.5 Å². The van der Waals surface area contributed by atoms with Gasteiger partial charge in [0.1, 0.15) is 16.6 Å². The van der Waals surface area contributed by atoms with Crippen molar-refractivity contribution in [2.75, 3.05) is 11.9 Å². The number of ketones is 1. The van der Waals surface area contributed by atoms with E-state index in [0.717, 1.165) is 29.5 Å². The number of carbonyl (C=O) groups is 3. The molecule has 0 saturated carbocycles. The SMILES string of the molecule is CCOC(=O)C1Cc2sc(NC(=O)[C@H](C)N)c(C(=O)c3c(F)cccc3F)c2C1. The average molecular weight is 422 g/mol. The molecule has 0 radical (unpaired) electrons. The smallest absolute Gasteiger partial charge is 0.309 e. The number of halogens is 2. The number of ether oxygens (including phenoxy) is 1. The van der Waals surface area contributed by atoms with E-state index in [1.54, 1.807) is 6.92 Å². The average Bonchev–Trinajstić information content (AvgIpc) is 3.18. The summed E-state index contributed by atoms with van der Waals surface area (Å²) in [6.45, 7) is 3.40. The van der Waals surface area contributed by atoms with Gasteiger partial charge >= 0.3 is 5.97 Å². The molecular formula is C20H20F2N2O4S. The van der Waals surface area contributed by atoms with Crippen LogP contribution in [0.1, 0.15) is 40.2 Å². The number of nitrogens with one attached hydrogen (secondary N) is 1. The fourth-order valence-corrected chi connectivity index (χ4v) is 4.56. The van der Waals surface area contributed by atoms with Crippen molar-refractivity contribution < 1.29 is 27.9 Å². The summed E-state index contributed by atoms with van der Waals surface area (Å²) >= 11 is 1.11. The molecule has 2 atom stereocenters. The minimum atomic E-state index is -1.00. The van der Waals surface area contributed by atoms with Gasteiger partial charge in [0.05, 0.1) is 29.7 Å². The molecule has 1 heterocycles. The van der Waals surface area contributed by atoms with Crippen LogP contribution in [0.15, 0.2) is 18.2 Å². The molecule has 1 unspecified atom stereocenters. The van der Waals surface area contributed by atoms with E-state index in [4.69, 9.17) is 10.5 Å². The van der Waals surface area contributed by atoms with E-state index >= 15 is 0 Å². The molecule has 0 bridgehead atoms. The van der Waals surface area contributed by atoms with Crippen molar-refractivity contribution >= 4 is 34.0 Å². The van der Waals surface area contributed by atoms with E-state index in [2.05, 4.69) is 5.32 Å². The van der Waals surface area contributed by atoms with Crippen LogP contribution >= 0.6 is 11.3 Å². The van der Waals surface area contributed by atoms with Gasteiger partial charge in [-0.15, -0.1) is 11.3 Å². The lowest BCUT2D eigenvalue weighted by Gasteiger charge is -2.12. The molecule has 1 aliphatic rings. The monoisotopic (exact) mass is 422 g/mol. The lowest BCUT2D eigenvalue weighted by molar-refractivity contribution is -0.147. The second-order valence-corrected chi connectivity index (χ2v) is 7.87. The number of hydrogen-bond acceptors (Lipinski definition) is 6. The van der Waals surface area contributed by atoms with Crippen LogP contribution in [0.25, 0.3) is 0 Å². The van der Waals surface area contributed by atoms with Gasteiger partial charge in [0.15, 0.2) is 0 Å². The van der Waals surface area contributed by atoms with Gasteiger partial charge in [-0.1, -0.05) is 6.07 Å². The van der Waals surface area contributed by atoms with E-state index in [-0.39, 0.29) is 23.6 Å². The van der Waals surface area contributed by atoms with Crippen LogP contribution in [-0.2, 0) is 27.2 Å². The summed E-state index contributed by atoms with van der Waals surface area (Å²) in [6, 6.07) is 2.30. The minimum Gasteiger partial charge on any atom is -0.466 e. The molecule has 0 fully saturated rings. The number of anilines is 1. The van der Waals surface area contributed by atoms with Crippen LogP contribution in [0.3, 0.4) is 0 Å². The zero-order valence-corrected chi connectivity index (χ0v) is 16.7. The first kappa shape index (κ1) is 21.1. The Kier molecular flexibility index (Phi) is 6.09. The third-order valence-electron chi connectivity index (χ3n) is 4.66. The third kappa shape index (κ3) is 4.06. The third-order valence-corrected chi connectivity index (χ3v) is 5.83. The summed E-state index contributed by atoms with van der Waals surface area (Å²) in [6.07, 6.45) is 0.517. The fourth-order valence-electron chi connectivity index (χ4n) is 3.26. The Bertz CT molecular complexity index is 967. The lowest BCUT2D eigenvalue weighted by atomic mass is 9.98. The zero-order chi connectivity index (χ0) is 21.3. The fraction of sp³-hybridized carbons (Fsp3) is 0.350. The summed E-state index contributed by atoms with van der Waals surface area (Å²) in [7, 11) is 0. The van der Waals surface area contributed by atoms with Gasteiger partial charge in [0.25, 0.3) is 0 Å². The number of benzene rings is 1. The highest BCUT2D eigenvalue weighted by Crippen LogP contribution is 2.43. The first-order chi connectivity index (χ1) is 13.7. The number of rotatable bonds is 6. The number of thiophene rings is 1. The maximum atomic E-state index is 14.2. The van der Waals surface area contributed by atoms with Crippen LogP contribution < -0.4 is 11.1 Å². The molecule has 2 aromatic rings. The zero-order valence-electron chi connectivity index (χ0n) is 15.9. The van der Waals surface area contributed by atoms with Crippen molar-refractivity contribution in [2.45, 2.75) is 32.7 Å². The van der Waals surface area contributed by atoms with Crippen molar-refractivity contribution in [1.29, 1.82) is 0 Å². The summed E-state index contributed by atoms with van der Waals surface area (Å²) in [5.41, 5.74) is 5.37. The molecule has 0 aliphatic heterocycles. The molecule has 6 nitrogen and oxygen atoms in total. The Balaban J connectivity index is 2.05. The summed E-state index contributed by atoms with van der Waals surface area (Å²) in [5.74, 6) is -4.30. The predicted molar refractivity (Wildman–Crippen MR) is 104 cm³/mol. The standard InChI is InChI=1S/C20H20F2N2O4S/c1-3-28-20(27)10-7-11-14(8-10)29-19(24-18(26)9(2)23)15(11)17(25)16-12(21)5-4-6-13(16)22/h4-6,9-10H,3,7-8,23H2,1-2H3,(H,24,26)/t9-,10?/m0/s1. The molecule has 1 aromatic carbocycles. The van der Waals surface area contributed by atoms with Crippen LogP contribution in [0, 0.1) is 17.6 Å². The van der Waals surface area contributed by atoms with Crippen molar-refractivity contribution in [1.82, 2.24) is 0 Å². The Morgan fingerprint density at radius 2 is 1.90 bits per heavy atom. The number of nitrogens with two attached hydrogens (primary N) is 1. The molecule has 3 N–H and O–H groups in total. The first-order valence-electron chi connectivity index (χ1n) is 9.10. The Labute approximate surface area is 170 Å². The highest BCUT2D eigenvalue weighted by atomic mass is 32.1. The summed E-state index contributed by atoms with van der Waals surface area (Å²) < 4.78 is 33.5. The minimum absolute atomic E-state index is 0.00482. The second kappa shape index (κ2) is 8.38. The van der Waals surface area contributed by atoms with Crippen molar-refractivity contribution in [3.05, 3.63) is 51.4 Å². The molecule has 9 heteroatoms. The van der Waals surface area contributed by atoms with Crippen LogP contribution in [0.2, 0.25) is 0 Å². The Morgan fingerprint density at radius 1 is 1.24 bits per heavy atom. The molecular weight excluding hydrogens is 402 g/mol. The molecule has 3 rings (SSSR count). The van der Waals surface area contributed by atoms with Gasteiger partial charge in [-0.3, -0.25) is 14.4 Å². The largest absolute Gasteiger partial charge is 0.466 e. The molecule has 0 spiro atoms. The van der Waals surface area contributed by atoms with Gasteiger partial charge in [0.2, 0.25) is 11.7 Å². The lowest BCUT2D eigenvalue weighted by Crippen LogP contribution is -2.32.